The smallest absolute Gasteiger partial charge is 0.0554 e. The summed E-state index contributed by atoms with van der Waals surface area (Å²) in [7, 11) is 0. The van der Waals surface area contributed by atoms with Crippen LogP contribution in [-0.2, 0) is 12.8 Å². The van der Waals surface area contributed by atoms with Crippen LogP contribution in [0.1, 0.15) is 40.3 Å². The highest BCUT2D eigenvalue weighted by atomic mass is 35.5. The largest absolute Gasteiger partial charge is 0.378 e. The van der Waals surface area contributed by atoms with Crippen LogP contribution in [0.15, 0.2) is 49.1 Å². The Balaban J connectivity index is 1.77. The quantitative estimate of drug-likeness (QED) is 0.767. The number of hydrogen-bond acceptors (Lipinski definition) is 1. The Morgan fingerprint density at radius 2 is 1.86 bits per heavy atom. The van der Waals surface area contributed by atoms with Crippen LogP contribution in [-0.4, -0.2) is 0 Å². The Bertz CT molecular complexity index is 771. The molecule has 0 fully saturated rings. The van der Waals surface area contributed by atoms with Crippen LogP contribution in [0.2, 0.25) is 5.02 Å². The summed E-state index contributed by atoms with van der Waals surface area (Å²) >= 11 is 6.01. The topological polar surface area (TPSA) is 12.0 Å². The van der Waals surface area contributed by atoms with E-state index in [9.17, 15) is 0 Å². The third-order valence-corrected chi connectivity index (χ3v) is 4.93. The fourth-order valence-corrected chi connectivity index (χ4v) is 3.68. The maximum Gasteiger partial charge on any atom is 0.0554 e. The SMILES string of the molecule is C=C1NC(c2ccc(Cl)cc2)Cc2c1ccc1c2CCC=C1. The average Bonchev–Trinajstić information content (AvgIpc) is 2.55. The van der Waals surface area contributed by atoms with Crippen molar-refractivity contribution >= 4 is 23.4 Å². The second-order valence-electron chi connectivity index (χ2n) is 6.03. The summed E-state index contributed by atoms with van der Waals surface area (Å²) in [6, 6.07) is 12.8. The van der Waals surface area contributed by atoms with Gasteiger partial charge in [-0.3, -0.25) is 0 Å². The van der Waals surface area contributed by atoms with E-state index in [1.54, 1.807) is 0 Å². The first-order chi connectivity index (χ1) is 10.7. The summed E-state index contributed by atoms with van der Waals surface area (Å²) in [6.45, 7) is 4.24. The number of allylic oxidation sites excluding steroid dienone is 1. The molecule has 1 N–H and O–H groups in total. The van der Waals surface area contributed by atoms with E-state index in [1.165, 1.54) is 27.8 Å². The molecule has 2 aromatic rings. The molecule has 2 aliphatic rings. The lowest BCUT2D eigenvalue weighted by molar-refractivity contribution is 0.607. The van der Waals surface area contributed by atoms with E-state index in [2.05, 4.69) is 48.3 Å². The molecular formula is C20H18ClN. The molecule has 110 valence electrons. The van der Waals surface area contributed by atoms with Crippen molar-refractivity contribution in [2.75, 3.05) is 0 Å². The lowest BCUT2D eigenvalue weighted by Gasteiger charge is -2.32. The zero-order chi connectivity index (χ0) is 15.1. The second-order valence-corrected chi connectivity index (χ2v) is 6.47. The molecule has 0 amide bonds. The maximum absolute atomic E-state index is 6.01. The zero-order valence-corrected chi connectivity index (χ0v) is 13.2. The first-order valence-corrected chi connectivity index (χ1v) is 8.13. The molecule has 0 saturated heterocycles. The van der Waals surface area contributed by atoms with E-state index in [4.69, 9.17) is 11.6 Å². The molecule has 1 nitrogen and oxygen atoms in total. The molecule has 4 rings (SSSR count). The predicted molar refractivity (Wildman–Crippen MR) is 93.9 cm³/mol. The second kappa shape index (κ2) is 5.33. The van der Waals surface area contributed by atoms with Crippen molar-refractivity contribution in [3.05, 3.63) is 81.9 Å². The van der Waals surface area contributed by atoms with Gasteiger partial charge in [-0.25, -0.2) is 0 Å². The molecule has 1 atom stereocenters. The van der Waals surface area contributed by atoms with Gasteiger partial charge in [-0.15, -0.1) is 0 Å². The molecule has 2 aromatic carbocycles. The number of rotatable bonds is 1. The Morgan fingerprint density at radius 1 is 1.05 bits per heavy atom. The van der Waals surface area contributed by atoms with Crippen molar-refractivity contribution < 1.29 is 0 Å². The van der Waals surface area contributed by atoms with E-state index >= 15 is 0 Å². The summed E-state index contributed by atoms with van der Waals surface area (Å²) in [5.74, 6) is 0. The van der Waals surface area contributed by atoms with Crippen LogP contribution >= 0.6 is 11.6 Å². The molecule has 1 aliphatic carbocycles. The fourth-order valence-electron chi connectivity index (χ4n) is 3.56. The summed E-state index contributed by atoms with van der Waals surface area (Å²) < 4.78 is 0. The Labute approximate surface area is 136 Å². The van der Waals surface area contributed by atoms with Gasteiger partial charge in [-0.2, -0.15) is 0 Å². The number of benzene rings is 2. The van der Waals surface area contributed by atoms with E-state index in [0.717, 1.165) is 30.0 Å². The van der Waals surface area contributed by atoms with Crippen LogP contribution in [0.5, 0.6) is 0 Å². The van der Waals surface area contributed by atoms with Crippen molar-refractivity contribution in [2.45, 2.75) is 25.3 Å². The lowest BCUT2D eigenvalue weighted by atomic mass is 9.82. The van der Waals surface area contributed by atoms with Gasteiger partial charge in [0.2, 0.25) is 0 Å². The van der Waals surface area contributed by atoms with E-state index in [0.29, 0.717) is 0 Å². The van der Waals surface area contributed by atoms with Crippen molar-refractivity contribution in [2.24, 2.45) is 0 Å². The van der Waals surface area contributed by atoms with Gasteiger partial charge >= 0.3 is 0 Å². The highest BCUT2D eigenvalue weighted by Gasteiger charge is 2.25. The third kappa shape index (κ3) is 2.26. The summed E-state index contributed by atoms with van der Waals surface area (Å²) in [5, 5.41) is 4.34. The lowest BCUT2D eigenvalue weighted by Crippen LogP contribution is -2.28. The minimum Gasteiger partial charge on any atom is -0.378 e. The Morgan fingerprint density at radius 3 is 2.68 bits per heavy atom. The molecule has 0 saturated carbocycles. The Kier molecular flexibility index (Phi) is 3.31. The van der Waals surface area contributed by atoms with E-state index in [1.807, 2.05) is 12.1 Å². The third-order valence-electron chi connectivity index (χ3n) is 4.68. The average molecular weight is 308 g/mol. The molecule has 22 heavy (non-hydrogen) atoms. The van der Waals surface area contributed by atoms with Gasteiger partial charge in [0.1, 0.15) is 0 Å². The van der Waals surface area contributed by atoms with Gasteiger partial charge in [0, 0.05) is 16.3 Å². The van der Waals surface area contributed by atoms with Gasteiger partial charge in [0.25, 0.3) is 0 Å². The molecule has 1 heterocycles. The number of halogens is 1. The highest BCUT2D eigenvalue weighted by Crippen LogP contribution is 2.36. The first kappa shape index (κ1) is 13.7. The normalized spacial score (nSPS) is 19.3. The standard InChI is InChI=1S/C20H18ClN/c1-13-17-11-8-14-4-2-3-5-18(14)19(17)12-20(22-13)15-6-9-16(21)10-7-15/h2,4,6-11,20,22H,1,3,5,12H2. The minimum atomic E-state index is 0.273. The molecule has 0 spiro atoms. The Hall–Kier alpha value is -1.99. The number of fused-ring (bicyclic) bond motifs is 3. The molecule has 0 radical (unpaired) electrons. The van der Waals surface area contributed by atoms with Crippen molar-refractivity contribution in [1.29, 1.82) is 0 Å². The molecule has 0 bridgehead atoms. The van der Waals surface area contributed by atoms with Gasteiger partial charge in [0.05, 0.1) is 6.04 Å². The zero-order valence-electron chi connectivity index (χ0n) is 12.4. The van der Waals surface area contributed by atoms with Crippen LogP contribution in [0.4, 0.5) is 0 Å². The molecule has 1 aliphatic heterocycles. The van der Waals surface area contributed by atoms with Gasteiger partial charge in [-0.05, 0) is 53.6 Å². The van der Waals surface area contributed by atoms with Crippen molar-refractivity contribution in [3.63, 3.8) is 0 Å². The molecule has 0 aromatic heterocycles. The molecule has 1 unspecified atom stereocenters. The molecule has 2 heteroatoms. The van der Waals surface area contributed by atoms with Crippen LogP contribution in [0.25, 0.3) is 11.8 Å². The van der Waals surface area contributed by atoms with Crippen molar-refractivity contribution in [3.8, 4) is 0 Å². The number of hydrogen-bond donors (Lipinski definition) is 1. The predicted octanol–water partition coefficient (Wildman–Crippen LogP) is 5.16. The summed E-state index contributed by atoms with van der Waals surface area (Å²) in [4.78, 5) is 0. The van der Waals surface area contributed by atoms with Gasteiger partial charge < -0.3 is 5.32 Å². The van der Waals surface area contributed by atoms with E-state index in [-0.39, 0.29) is 6.04 Å². The highest BCUT2D eigenvalue weighted by molar-refractivity contribution is 6.30. The van der Waals surface area contributed by atoms with Gasteiger partial charge in [-0.1, -0.05) is 54.6 Å². The van der Waals surface area contributed by atoms with Crippen LogP contribution < -0.4 is 5.32 Å². The maximum atomic E-state index is 6.01. The van der Waals surface area contributed by atoms with Crippen molar-refractivity contribution in [1.82, 2.24) is 5.32 Å². The molecular weight excluding hydrogens is 290 g/mol. The first-order valence-electron chi connectivity index (χ1n) is 7.75. The van der Waals surface area contributed by atoms with Gasteiger partial charge in [0.15, 0.2) is 0 Å². The number of nitrogens with one attached hydrogen (secondary N) is 1. The summed E-state index contributed by atoms with van der Waals surface area (Å²) in [5.41, 5.74) is 7.90. The van der Waals surface area contributed by atoms with Crippen LogP contribution in [0.3, 0.4) is 0 Å². The summed E-state index contributed by atoms with van der Waals surface area (Å²) in [6.07, 6.45) is 7.79. The minimum absolute atomic E-state index is 0.273. The van der Waals surface area contributed by atoms with E-state index < -0.39 is 0 Å². The fraction of sp³-hybridized carbons (Fsp3) is 0.200. The van der Waals surface area contributed by atoms with Crippen LogP contribution in [0, 0.1) is 0 Å². The monoisotopic (exact) mass is 307 g/mol.